The van der Waals surface area contributed by atoms with Crippen LogP contribution in [0, 0.1) is 0 Å². The van der Waals surface area contributed by atoms with Crippen molar-refractivity contribution in [2.75, 3.05) is 0 Å². The molecule has 0 fully saturated rings. The minimum atomic E-state index is 0.355. The Bertz CT molecular complexity index is 1110. The van der Waals surface area contributed by atoms with Crippen LogP contribution >= 0.6 is 11.3 Å². The Balaban J connectivity index is 2.09. The van der Waals surface area contributed by atoms with Crippen molar-refractivity contribution in [1.29, 1.82) is 0 Å². The summed E-state index contributed by atoms with van der Waals surface area (Å²) >= 11 is 1.66. The fraction of sp³-hybridized carbons (Fsp3) is 0. The number of aromatic hydroxyl groups is 1. The third-order valence-corrected chi connectivity index (χ3v) is 5.28. The first-order valence-electron chi connectivity index (χ1n) is 7.26. The molecule has 104 valence electrons. The molecule has 0 spiro atoms. The molecule has 0 radical (unpaired) electrons. The van der Waals surface area contributed by atoms with Crippen molar-refractivity contribution in [3.05, 3.63) is 66.0 Å². The quantitative estimate of drug-likeness (QED) is 0.375. The largest absolute Gasteiger partial charge is 0.507 e. The number of rotatable bonds is 1. The number of thiophene rings is 1. The lowest BCUT2D eigenvalue weighted by molar-refractivity contribution is 0.479. The summed E-state index contributed by atoms with van der Waals surface area (Å²) < 4.78 is 0. The molecular weight excluding hydrogens is 288 g/mol. The number of benzene rings is 4. The van der Waals surface area contributed by atoms with Gasteiger partial charge in [-0.2, -0.15) is 0 Å². The summed E-state index contributed by atoms with van der Waals surface area (Å²) in [5.74, 6) is 0.355. The molecule has 0 atom stereocenters. The van der Waals surface area contributed by atoms with E-state index in [2.05, 4.69) is 48.5 Å². The number of hydrogen-bond acceptors (Lipinski definition) is 2. The Labute approximate surface area is 131 Å². The minimum absolute atomic E-state index is 0.355. The van der Waals surface area contributed by atoms with Crippen molar-refractivity contribution >= 4 is 43.7 Å². The summed E-state index contributed by atoms with van der Waals surface area (Å²) in [6.45, 7) is 0. The highest BCUT2D eigenvalue weighted by atomic mass is 32.1. The Kier molecular flexibility index (Phi) is 2.30. The maximum absolute atomic E-state index is 10.6. The molecule has 0 saturated carbocycles. The van der Waals surface area contributed by atoms with E-state index in [1.807, 2.05) is 17.5 Å². The molecule has 1 N–H and O–H groups in total. The van der Waals surface area contributed by atoms with Crippen LogP contribution in [0.4, 0.5) is 0 Å². The Morgan fingerprint density at radius 2 is 1.50 bits per heavy atom. The molecule has 1 aromatic heterocycles. The fourth-order valence-electron chi connectivity index (χ4n) is 3.47. The van der Waals surface area contributed by atoms with Gasteiger partial charge in [0.05, 0.1) is 0 Å². The lowest BCUT2D eigenvalue weighted by Gasteiger charge is -2.14. The van der Waals surface area contributed by atoms with E-state index in [1.54, 1.807) is 11.3 Å². The van der Waals surface area contributed by atoms with Gasteiger partial charge in [0, 0.05) is 10.4 Å². The van der Waals surface area contributed by atoms with E-state index in [4.69, 9.17) is 0 Å². The highest BCUT2D eigenvalue weighted by Crippen LogP contribution is 2.44. The minimum Gasteiger partial charge on any atom is -0.507 e. The summed E-state index contributed by atoms with van der Waals surface area (Å²) in [5, 5.41) is 19.9. The van der Waals surface area contributed by atoms with Crippen LogP contribution in [0.25, 0.3) is 42.8 Å². The second-order valence-corrected chi connectivity index (χ2v) is 6.55. The first kappa shape index (κ1) is 12.0. The predicted molar refractivity (Wildman–Crippen MR) is 95.1 cm³/mol. The Morgan fingerprint density at radius 1 is 0.727 bits per heavy atom. The summed E-state index contributed by atoms with van der Waals surface area (Å²) in [6, 6.07) is 20.9. The molecular formula is C20H12OS. The molecule has 5 rings (SSSR count). The molecule has 1 heterocycles. The van der Waals surface area contributed by atoms with Gasteiger partial charge in [0.15, 0.2) is 0 Å². The van der Waals surface area contributed by atoms with Crippen LogP contribution in [-0.2, 0) is 0 Å². The number of phenols is 1. The number of phenolic OH excluding ortho intramolecular Hbond substituents is 1. The van der Waals surface area contributed by atoms with Gasteiger partial charge in [0.2, 0.25) is 0 Å². The van der Waals surface area contributed by atoms with E-state index in [1.165, 1.54) is 21.5 Å². The van der Waals surface area contributed by atoms with Crippen LogP contribution in [0.5, 0.6) is 5.75 Å². The van der Waals surface area contributed by atoms with Gasteiger partial charge in [-0.3, -0.25) is 0 Å². The van der Waals surface area contributed by atoms with Crippen molar-refractivity contribution in [1.82, 2.24) is 0 Å². The van der Waals surface area contributed by atoms with Crippen molar-refractivity contribution < 1.29 is 5.11 Å². The maximum Gasteiger partial charge on any atom is 0.125 e. The smallest absolute Gasteiger partial charge is 0.125 e. The summed E-state index contributed by atoms with van der Waals surface area (Å²) in [4.78, 5) is 1.11. The van der Waals surface area contributed by atoms with Crippen LogP contribution in [0.1, 0.15) is 0 Å². The molecule has 2 heteroatoms. The monoisotopic (exact) mass is 300 g/mol. The first-order valence-corrected chi connectivity index (χ1v) is 8.14. The summed E-state index contributed by atoms with van der Waals surface area (Å²) in [7, 11) is 0. The first-order chi connectivity index (χ1) is 10.8. The van der Waals surface area contributed by atoms with E-state index < -0.39 is 0 Å². The van der Waals surface area contributed by atoms with Gasteiger partial charge in [-0.1, -0.05) is 48.5 Å². The summed E-state index contributed by atoms with van der Waals surface area (Å²) in [5.41, 5.74) is 0.945. The van der Waals surface area contributed by atoms with Gasteiger partial charge in [-0.05, 0) is 49.8 Å². The molecule has 0 unspecified atom stereocenters. The average molecular weight is 300 g/mol. The van der Waals surface area contributed by atoms with Gasteiger partial charge in [0.1, 0.15) is 5.75 Å². The van der Waals surface area contributed by atoms with Gasteiger partial charge < -0.3 is 5.11 Å². The average Bonchev–Trinajstić information content (AvgIpc) is 3.06. The molecule has 0 aliphatic rings. The molecule has 0 aliphatic carbocycles. The third kappa shape index (κ3) is 1.48. The zero-order chi connectivity index (χ0) is 14.7. The van der Waals surface area contributed by atoms with E-state index in [0.29, 0.717) is 5.75 Å². The topological polar surface area (TPSA) is 20.2 Å². The van der Waals surface area contributed by atoms with Crippen LogP contribution in [0.15, 0.2) is 66.0 Å². The van der Waals surface area contributed by atoms with Gasteiger partial charge in [-0.15, -0.1) is 11.3 Å². The van der Waals surface area contributed by atoms with E-state index >= 15 is 0 Å². The van der Waals surface area contributed by atoms with Crippen molar-refractivity contribution in [2.24, 2.45) is 0 Å². The zero-order valence-corrected chi connectivity index (χ0v) is 12.5. The summed E-state index contributed by atoms with van der Waals surface area (Å²) in [6.07, 6.45) is 0. The molecule has 22 heavy (non-hydrogen) atoms. The SMILES string of the molecule is Oc1cc2ccc3cccc4ccc(c1-c1cccs1)c2c34. The lowest BCUT2D eigenvalue weighted by atomic mass is 9.91. The molecule has 0 bridgehead atoms. The van der Waals surface area contributed by atoms with Gasteiger partial charge in [0.25, 0.3) is 0 Å². The van der Waals surface area contributed by atoms with Crippen LogP contribution < -0.4 is 0 Å². The molecule has 0 aliphatic heterocycles. The Hall–Kier alpha value is -2.58. The van der Waals surface area contributed by atoms with Gasteiger partial charge in [-0.25, -0.2) is 0 Å². The molecule has 4 aromatic carbocycles. The van der Waals surface area contributed by atoms with Crippen LogP contribution in [0.3, 0.4) is 0 Å². The molecule has 0 amide bonds. The van der Waals surface area contributed by atoms with Crippen LogP contribution in [-0.4, -0.2) is 5.11 Å². The van der Waals surface area contributed by atoms with Crippen molar-refractivity contribution in [3.8, 4) is 16.2 Å². The van der Waals surface area contributed by atoms with Crippen molar-refractivity contribution in [3.63, 3.8) is 0 Å². The maximum atomic E-state index is 10.6. The highest BCUT2D eigenvalue weighted by molar-refractivity contribution is 7.13. The van der Waals surface area contributed by atoms with E-state index in [9.17, 15) is 5.11 Å². The van der Waals surface area contributed by atoms with Crippen LogP contribution in [0.2, 0.25) is 0 Å². The normalized spacial score (nSPS) is 11.8. The third-order valence-electron chi connectivity index (χ3n) is 4.39. The highest BCUT2D eigenvalue weighted by Gasteiger charge is 2.15. The zero-order valence-electron chi connectivity index (χ0n) is 11.7. The lowest BCUT2D eigenvalue weighted by Crippen LogP contribution is -1.86. The van der Waals surface area contributed by atoms with Crippen molar-refractivity contribution in [2.45, 2.75) is 0 Å². The second kappa shape index (κ2) is 4.21. The van der Waals surface area contributed by atoms with E-state index in [0.717, 1.165) is 21.2 Å². The van der Waals surface area contributed by atoms with Gasteiger partial charge >= 0.3 is 0 Å². The second-order valence-electron chi connectivity index (χ2n) is 5.60. The fourth-order valence-corrected chi connectivity index (χ4v) is 4.27. The predicted octanol–water partition coefficient (Wildman–Crippen LogP) is 6.02. The van der Waals surface area contributed by atoms with E-state index in [-0.39, 0.29) is 0 Å². The number of hydrogen-bond donors (Lipinski definition) is 1. The molecule has 1 nitrogen and oxygen atoms in total. The Morgan fingerprint density at radius 3 is 2.27 bits per heavy atom. The standard InChI is InChI=1S/C20H12OS/c21-16-11-14-7-6-12-3-1-4-13-8-9-15(19(14)18(12)13)20(16)17-5-2-10-22-17/h1-11,21H. The molecule has 5 aromatic rings. The molecule has 0 saturated heterocycles.